The number of hydrogen-bond donors (Lipinski definition) is 0. The highest BCUT2D eigenvalue weighted by atomic mass is 32.1. The molecule has 0 aliphatic heterocycles. The van der Waals surface area contributed by atoms with E-state index in [1.54, 1.807) is 11.3 Å². The first kappa shape index (κ1) is 14.3. The molecular formula is C16H16O3PS+. The highest BCUT2D eigenvalue weighted by Crippen LogP contribution is 2.33. The van der Waals surface area contributed by atoms with Crippen LogP contribution in [0.5, 0.6) is 0 Å². The Morgan fingerprint density at radius 2 is 1.24 bits per heavy atom. The van der Waals surface area contributed by atoms with Crippen LogP contribution < -0.4 is 0 Å². The Morgan fingerprint density at radius 1 is 0.810 bits per heavy atom. The maximum atomic E-state index is 12.1. The third kappa shape index (κ3) is 2.74. The number of aryl methyl sites for hydroxylation is 4. The molecule has 3 aromatic rings. The summed E-state index contributed by atoms with van der Waals surface area (Å²) in [5.41, 5.74) is 5.55. The molecule has 0 saturated heterocycles. The Bertz CT molecular complexity index is 887. The average molecular weight is 319 g/mol. The van der Waals surface area contributed by atoms with Crippen molar-refractivity contribution in [1.29, 1.82) is 0 Å². The molecule has 0 N–H and O–H groups in total. The minimum Gasteiger partial charge on any atom is -0.220 e. The van der Waals surface area contributed by atoms with Crippen molar-refractivity contribution in [1.82, 2.24) is 0 Å². The molecule has 3 nitrogen and oxygen atoms in total. The van der Waals surface area contributed by atoms with E-state index < -0.39 is 7.89 Å². The molecule has 2 aromatic carbocycles. The summed E-state index contributed by atoms with van der Waals surface area (Å²) >= 11 is 1.60. The number of rotatable bonds is 0. The fraction of sp³-hybridized carbons (Fsp3) is 0.250. The Balaban J connectivity index is 2.62. The molecule has 0 bridgehead atoms. The lowest BCUT2D eigenvalue weighted by molar-refractivity contribution is 0.510. The van der Waals surface area contributed by atoms with Crippen LogP contribution in [0, 0.1) is 27.7 Å². The van der Waals surface area contributed by atoms with Crippen molar-refractivity contribution in [3.05, 3.63) is 46.5 Å². The molecule has 0 saturated carbocycles. The normalized spacial score (nSPS) is 11.0. The fourth-order valence-electron chi connectivity index (χ4n) is 2.50. The SMILES string of the molecule is Cc1cc(C)c2o[p+](=O)oc3c(C)cc(C)cc3sc2c1. The summed E-state index contributed by atoms with van der Waals surface area (Å²) in [5.74, 6) is 0. The topological polar surface area (TPSA) is 43.4 Å². The van der Waals surface area contributed by atoms with Gasteiger partial charge in [0.25, 0.3) is 0 Å². The van der Waals surface area contributed by atoms with E-state index in [4.69, 9.17) is 8.39 Å². The second kappa shape index (κ2) is 5.28. The van der Waals surface area contributed by atoms with E-state index in [1.165, 1.54) is 0 Å². The van der Waals surface area contributed by atoms with Gasteiger partial charge in [0, 0.05) is 4.57 Å². The molecule has 1 heterocycles. The molecule has 0 spiro atoms. The van der Waals surface area contributed by atoms with Crippen LogP contribution in [0.15, 0.2) is 32.7 Å². The van der Waals surface area contributed by atoms with Crippen molar-refractivity contribution < 1.29 is 13.0 Å². The van der Waals surface area contributed by atoms with Gasteiger partial charge < -0.3 is 0 Å². The minimum absolute atomic E-state index is 0.650. The van der Waals surface area contributed by atoms with E-state index in [-0.39, 0.29) is 0 Å². The van der Waals surface area contributed by atoms with Crippen molar-refractivity contribution >= 4 is 39.8 Å². The molecule has 1 aromatic heterocycles. The van der Waals surface area contributed by atoms with Gasteiger partial charge in [-0.2, -0.15) is 0 Å². The van der Waals surface area contributed by atoms with Gasteiger partial charge in [-0.05, 0) is 62.1 Å². The predicted molar refractivity (Wildman–Crippen MR) is 88.0 cm³/mol. The second-order valence-corrected chi connectivity index (χ2v) is 7.22. The molecule has 0 aliphatic rings. The van der Waals surface area contributed by atoms with Gasteiger partial charge >= 0.3 is 7.89 Å². The predicted octanol–water partition coefficient (Wildman–Crippen LogP) is 6.34. The first-order chi connectivity index (χ1) is 9.94. The van der Waals surface area contributed by atoms with Crippen LogP contribution in [0.2, 0.25) is 0 Å². The first-order valence-corrected chi connectivity index (χ1v) is 8.59. The van der Waals surface area contributed by atoms with E-state index in [0.29, 0.717) is 11.2 Å². The molecule has 0 aliphatic carbocycles. The molecule has 5 heteroatoms. The molecular weight excluding hydrogens is 303 g/mol. The van der Waals surface area contributed by atoms with Crippen LogP contribution in [-0.2, 0) is 4.57 Å². The van der Waals surface area contributed by atoms with Gasteiger partial charge in [0.1, 0.15) is 0 Å². The summed E-state index contributed by atoms with van der Waals surface area (Å²) in [7, 11) is -2.22. The Kier molecular flexibility index (Phi) is 3.60. The van der Waals surface area contributed by atoms with Crippen LogP contribution in [0.1, 0.15) is 22.3 Å². The molecule has 0 radical (unpaired) electrons. The average Bonchev–Trinajstić information content (AvgIpc) is 2.36. The highest BCUT2D eigenvalue weighted by Gasteiger charge is 2.12. The zero-order chi connectivity index (χ0) is 15.1. The monoisotopic (exact) mass is 319 g/mol. The van der Waals surface area contributed by atoms with Gasteiger partial charge in [0.05, 0.1) is 9.40 Å². The van der Waals surface area contributed by atoms with Crippen molar-refractivity contribution in [2.45, 2.75) is 27.7 Å². The Hall–Kier alpha value is -1.64. The van der Waals surface area contributed by atoms with Crippen molar-refractivity contribution in [3.8, 4) is 0 Å². The van der Waals surface area contributed by atoms with E-state index in [9.17, 15) is 4.57 Å². The molecule has 108 valence electrons. The van der Waals surface area contributed by atoms with Crippen LogP contribution in [0.4, 0.5) is 0 Å². The Morgan fingerprint density at radius 3 is 1.67 bits per heavy atom. The quantitative estimate of drug-likeness (QED) is 0.485. The third-order valence-corrected chi connectivity index (χ3v) is 5.03. The van der Waals surface area contributed by atoms with Crippen molar-refractivity contribution in [2.75, 3.05) is 0 Å². The third-order valence-electron chi connectivity index (χ3n) is 3.32. The highest BCUT2D eigenvalue weighted by molar-refractivity contribution is 7.25. The lowest BCUT2D eigenvalue weighted by Crippen LogP contribution is -1.80. The summed E-state index contributed by atoms with van der Waals surface area (Å²) < 4.78 is 25.1. The molecule has 0 atom stereocenters. The molecule has 0 fully saturated rings. The van der Waals surface area contributed by atoms with Gasteiger partial charge in [-0.25, -0.2) is 8.39 Å². The van der Waals surface area contributed by atoms with E-state index in [0.717, 1.165) is 31.7 Å². The molecule has 0 unspecified atom stereocenters. The summed E-state index contributed by atoms with van der Waals surface area (Å²) in [5, 5.41) is 0. The molecule has 21 heavy (non-hydrogen) atoms. The second-order valence-electron chi connectivity index (χ2n) is 5.33. The smallest absolute Gasteiger partial charge is 0.220 e. The molecule has 0 amide bonds. The minimum atomic E-state index is -2.22. The van der Waals surface area contributed by atoms with Crippen LogP contribution in [0.25, 0.3) is 20.6 Å². The number of benzene rings is 2. The molecule has 3 rings (SSSR count). The lowest BCUT2D eigenvalue weighted by atomic mass is 10.1. The number of hydrogen-bond acceptors (Lipinski definition) is 4. The largest absolute Gasteiger partial charge is 0.805 e. The maximum absolute atomic E-state index is 12.1. The van der Waals surface area contributed by atoms with Gasteiger partial charge in [-0.15, -0.1) is 11.3 Å². The zero-order valence-electron chi connectivity index (χ0n) is 12.4. The number of fused-ring (bicyclic) bond motifs is 2. The van der Waals surface area contributed by atoms with Crippen molar-refractivity contribution in [2.24, 2.45) is 0 Å². The lowest BCUT2D eigenvalue weighted by Gasteiger charge is -2.00. The summed E-state index contributed by atoms with van der Waals surface area (Å²) in [4.78, 5) is 0. The maximum Gasteiger partial charge on any atom is 0.805 e. The van der Waals surface area contributed by atoms with Crippen molar-refractivity contribution in [3.63, 3.8) is 0 Å². The standard InChI is InChI=1S/C16H16O3PS/c1-9-5-11(3)15-13(7-9)21-14-8-10(2)6-12(4)16(14)19-20(17)18-15/h5-8H,1-4H3/q+1. The van der Waals surface area contributed by atoms with Crippen LogP contribution in [0.3, 0.4) is 0 Å². The van der Waals surface area contributed by atoms with E-state index in [1.807, 2.05) is 39.8 Å². The Labute approximate surface area is 127 Å². The summed E-state index contributed by atoms with van der Waals surface area (Å²) in [6, 6.07) is 8.16. The summed E-state index contributed by atoms with van der Waals surface area (Å²) in [6.07, 6.45) is 0. The van der Waals surface area contributed by atoms with Gasteiger partial charge in [0.2, 0.25) is 11.2 Å². The van der Waals surface area contributed by atoms with Gasteiger partial charge in [-0.3, -0.25) is 0 Å². The van der Waals surface area contributed by atoms with E-state index >= 15 is 0 Å². The van der Waals surface area contributed by atoms with Gasteiger partial charge in [0.15, 0.2) is 0 Å². The van der Waals surface area contributed by atoms with E-state index in [2.05, 4.69) is 12.1 Å². The van der Waals surface area contributed by atoms with Crippen LogP contribution in [-0.4, -0.2) is 0 Å². The fourth-order valence-corrected chi connectivity index (χ4v) is 4.76. The first-order valence-electron chi connectivity index (χ1n) is 6.67. The zero-order valence-corrected chi connectivity index (χ0v) is 14.1. The summed E-state index contributed by atoms with van der Waals surface area (Å²) in [6.45, 7) is 8.01. The van der Waals surface area contributed by atoms with Gasteiger partial charge in [-0.1, -0.05) is 12.1 Å². The van der Waals surface area contributed by atoms with Crippen LogP contribution >= 0.6 is 19.2 Å².